The number of rotatable bonds is 3. The van der Waals surface area contributed by atoms with Gasteiger partial charge in [-0.25, -0.2) is 0 Å². The van der Waals surface area contributed by atoms with Gasteiger partial charge in [0.2, 0.25) is 0 Å². The average Bonchev–Trinajstić information content (AvgIpc) is 2.53. The van der Waals surface area contributed by atoms with E-state index in [1.54, 1.807) is 0 Å². The van der Waals surface area contributed by atoms with E-state index in [1.165, 1.54) is 64.3 Å². The molecular weight excluding hydrogens is 182 g/mol. The van der Waals surface area contributed by atoms with Gasteiger partial charge >= 0.3 is 0 Å². The molecule has 0 bridgehead atoms. The minimum absolute atomic E-state index is 0.841. The van der Waals surface area contributed by atoms with E-state index in [0.717, 1.165) is 17.9 Å². The van der Waals surface area contributed by atoms with Crippen LogP contribution in [-0.4, -0.2) is 12.6 Å². The standard InChI is InChI=1S/C14H27N/c1-12-7-6-10-14(12)15-11-13-8-4-2-3-5-9-13/h12-15H,2-11H2,1H3. The molecule has 0 aliphatic heterocycles. The third-order valence-electron chi connectivity index (χ3n) is 4.50. The van der Waals surface area contributed by atoms with Gasteiger partial charge in [0.05, 0.1) is 0 Å². The molecule has 2 unspecified atom stereocenters. The van der Waals surface area contributed by atoms with Crippen LogP contribution in [0.25, 0.3) is 0 Å². The Balaban J connectivity index is 1.67. The first kappa shape index (κ1) is 11.4. The SMILES string of the molecule is CC1CCCC1NCC1CCCCCC1. The number of hydrogen-bond acceptors (Lipinski definition) is 1. The van der Waals surface area contributed by atoms with Crippen molar-refractivity contribution in [3.63, 3.8) is 0 Å². The van der Waals surface area contributed by atoms with Gasteiger partial charge in [-0.05, 0) is 44.1 Å². The molecule has 0 amide bonds. The summed E-state index contributed by atoms with van der Waals surface area (Å²) < 4.78 is 0. The lowest BCUT2D eigenvalue weighted by molar-refractivity contribution is 0.358. The smallest absolute Gasteiger partial charge is 0.00928 e. The molecule has 2 atom stereocenters. The van der Waals surface area contributed by atoms with E-state index in [0.29, 0.717) is 0 Å². The lowest BCUT2D eigenvalue weighted by Gasteiger charge is -2.21. The van der Waals surface area contributed by atoms with E-state index >= 15 is 0 Å². The molecule has 1 N–H and O–H groups in total. The molecule has 0 saturated heterocycles. The number of nitrogens with one attached hydrogen (secondary N) is 1. The topological polar surface area (TPSA) is 12.0 Å². The highest BCUT2D eigenvalue weighted by atomic mass is 14.9. The first-order chi connectivity index (χ1) is 7.36. The third-order valence-corrected chi connectivity index (χ3v) is 4.50. The van der Waals surface area contributed by atoms with Gasteiger partial charge in [-0.3, -0.25) is 0 Å². The third kappa shape index (κ3) is 3.48. The van der Waals surface area contributed by atoms with Gasteiger partial charge in [-0.2, -0.15) is 0 Å². The molecule has 2 aliphatic rings. The highest BCUT2D eigenvalue weighted by molar-refractivity contribution is 4.81. The maximum atomic E-state index is 3.83. The quantitative estimate of drug-likeness (QED) is 0.698. The van der Waals surface area contributed by atoms with Crippen molar-refractivity contribution in [1.29, 1.82) is 0 Å². The van der Waals surface area contributed by atoms with Crippen LogP contribution in [0, 0.1) is 11.8 Å². The molecule has 0 radical (unpaired) electrons. The van der Waals surface area contributed by atoms with Crippen LogP contribution in [0.15, 0.2) is 0 Å². The molecule has 0 heterocycles. The Bertz CT molecular complexity index is 170. The van der Waals surface area contributed by atoms with Crippen molar-refractivity contribution in [3.05, 3.63) is 0 Å². The van der Waals surface area contributed by atoms with Gasteiger partial charge in [0, 0.05) is 6.04 Å². The summed E-state index contributed by atoms with van der Waals surface area (Å²) in [6.07, 6.45) is 13.2. The first-order valence-electron chi connectivity index (χ1n) is 7.09. The predicted molar refractivity (Wildman–Crippen MR) is 66.0 cm³/mol. The summed E-state index contributed by atoms with van der Waals surface area (Å²) in [6, 6.07) is 0.841. The minimum atomic E-state index is 0.841. The fourth-order valence-electron chi connectivity index (χ4n) is 3.33. The molecule has 0 spiro atoms. The first-order valence-corrected chi connectivity index (χ1v) is 7.09. The lowest BCUT2D eigenvalue weighted by Crippen LogP contribution is -2.35. The van der Waals surface area contributed by atoms with Crippen LogP contribution < -0.4 is 5.32 Å². The largest absolute Gasteiger partial charge is 0.313 e. The second kappa shape index (κ2) is 5.89. The van der Waals surface area contributed by atoms with Gasteiger partial charge in [0.1, 0.15) is 0 Å². The minimum Gasteiger partial charge on any atom is -0.313 e. The van der Waals surface area contributed by atoms with Crippen LogP contribution in [0.2, 0.25) is 0 Å². The Kier molecular flexibility index (Phi) is 4.49. The Morgan fingerprint density at radius 2 is 1.60 bits per heavy atom. The van der Waals surface area contributed by atoms with E-state index in [4.69, 9.17) is 0 Å². The van der Waals surface area contributed by atoms with Crippen molar-refractivity contribution in [2.75, 3.05) is 6.54 Å². The molecule has 1 nitrogen and oxygen atoms in total. The second-order valence-electron chi connectivity index (χ2n) is 5.78. The monoisotopic (exact) mass is 209 g/mol. The van der Waals surface area contributed by atoms with Crippen LogP contribution in [0.4, 0.5) is 0 Å². The van der Waals surface area contributed by atoms with E-state index in [1.807, 2.05) is 0 Å². The molecule has 2 aliphatic carbocycles. The molecule has 0 aromatic rings. The predicted octanol–water partition coefficient (Wildman–Crippen LogP) is 3.74. The molecule has 1 heteroatoms. The van der Waals surface area contributed by atoms with Crippen LogP contribution in [-0.2, 0) is 0 Å². The van der Waals surface area contributed by atoms with Crippen LogP contribution in [0.1, 0.15) is 64.7 Å². The average molecular weight is 209 g/mol. The number of hydrogen-bond donors (Lipinski definition) is 1. The Labute approximate surface area is 95.0 Å². The summed E-state index contributed by atoms with van der Waals surface area (Å²) in [4.78, 5) is 0. The maximum Gasteiger partial charge on any atom is 0.00928 e. The summed E-state index contributed by atoms with van der Waals surface area (Å²) in [6.45, 7) is 3.72. The summed E-state index contributed by atoms with van der Waals surface area (Å²) in [5.41, 5.74) is 0. The second-order valence-corrected chi connectivity index (χ2v) is 5.78. The van der Waals surface area contributed by atoms with Crippen LogP contribution in [0.5, 0.6) is 0 Å². The van der Waals surface area contributed by atoms with E-state index < -0.39 is 0 Å². The summed E-state index contributed by atoms with van der Waals surface area (Å²) in [7, 11) is 0. The zero-order valence-electron chi connectivity index (χ0n) is 10.3. The highest BCUT2D eigenvalue weighted by Gasteiger charge is 2.23. The summed E-state index contributed by atoms with van der Waals surface area (Å²) in [5.74, 6) is 1.91. The van der Waals surface area contributed by atoms with Gasteiger partial charge in [0.25, 0.3) is 0 Å². The normalized spacial score (nSPS) is 34.2. The van der Waals surface area contributed by atoms with E-state index in [-0.39, 0.29) is 0 Å². The molecule has 0 aromatic heterocycles. The fourth-order valence-corrected chi connectivity index (χ4v) is 3.33. The van der Waals surface area contributed by atoms with Crippen molar-refractivity contribution in [3.8, 4) is 0 Å². The van der Waals surface area contributed by atoms with E-state index in [2.05, 4.69) is 12.2 Å². The van der Waals surface area contributed by atoms with Crippen molar-refractivity contribution < 1.29 is 0 Å². The Hall–Kier alpha value is -0.0400. The fraction of sp³-hybridized carbons (Fsp3) is 1.00. The molecule has 2 fully saturated rings. The van der Waals surface area contributed by atoms with Gasteiger partial charge in [-0.15, -0.1) is 0 Å². The molecule has 2 saturated carbocycles. The molecule has 15 heavy (non-hydrogen) atoms. The maximum absolute atomic E-state index is 3.83. The Morgan fingerprint density at radius 3 is 2.20 bits per heavy atom. The van der Waals surface area contributed by atoms with Crippen molar-refractivity contribution in [2.45, 2.75) is 70.8 Å². The van der Waals surface area contributed by atoms with Gasteiger partial charge < -0.3 is 5.32 Å². The van der Waals surface area contributed by atoms with Crippen LogP contribution in [0.3, 0.4) is 0 Å². The zero-order chi connectivity index (χ0) is 10.5. The van der Waals surface area contributed by atoms with Crippen molar-refractivity contribution in [1.82, 2.24) is 5.32 Å². The molecular formula is C14H27N. The highest BCUT2D eigenvalue weighted by Crippen LogP contribution is 2.26. The van der Waals surface area contributed by atoms with Crippen LogP contribution >= 0.6 is 0 Å². The van der Waals surface area contributed by atoms with E-state index in [9.17, 15) is 0 Å². The molecule has 2 rings (SSSR count). The molecule has 88 valence electrons. The zero-order valence-corrected chi connectivity index (χ0v) is 10.3. The Morgan fingerprint density at radius 1 is 0.867 bits per heavy atom. The van der Waals surface area contributed by atoms with Crippen molar-refractivity contribution >= 4 is 0 Å². The van der Waals surface area contributed by atoms with Gasteiger partial charge in [-0.1, -0.05) is 39.0 Å². The van der Waals surface area contributed by atoms with Crippen molar-refractivity contribution in [2.24, 2.45) is 11.8 Å². The van der Waals surface area contributed by atoms with Gasteiger partial charge in [0.15, 0.2) is 0 Å². The lowest BCUT2D eigenvalue weighted by atomic mass is 9.99. The summed E-state index contributed by atoms with van der Waals surface area (Å²) in [5, 5.41) is 3.83. The summed E-state index contributed by atoms with van der Waals surface area (Å²) >= 11 is 0. The molecule has 0 aromatic carbocycles.